The molecule has 2 atom stereocenters. The van der Waals surface area contributed by atoms with E-state index in [0.717, 1.165) is 16.5 Å². The molecule has 0 aliphatic rings. The summed E-state index contributed by atoms with van der Waals surface area (Å²) < 4.78 is 10.6. The molecule has 0 aromatic heterocycles. The maximum Gasteiger partial charge on any atom is 0.349 e. The number of rotatable bonds is 8. The second kappa shape index (κ2) is 11.4. The van der Waals surface area contributed by atoms with Crippen LogP contribution in [0.4, 0.5) is 5.69 Å². The summed E-state index contributed by atoms with van der Waals surface area (Å²) in [6, 6.07) is 25.1. The van der Waals surface area contributed by atoms with E-state index in [1.54, 1.807) is 48.5 Å². The molecule has 4 rings (SSSR count). The Bertz CT molecular complexity index is 1490. The van der Waals surface area contributed by atoms with Gasteiger partial charge in [-0.2, -0.15) is 0 Å². The summed E-state index contributed by atoms with van der Waals surface area (Å²) in [6.07, 6.45) is -4.11. The second-order valence-electron chi connectivity index (χ2n) is 8.74. The molecule has 0 unspecified atom stereocenters. The maximum absolute atomic E-state index is 13.4. The van der Waals surface area contributed by atoms with Gasteiger partial charge in [-0.3, -0.25) is 4.79 Å². The lowest BCUT2D eigenvalue weighted by Gasteiger charge is -2.24. The predicted octanol–water partition coefficient (Wildman–Crippen LogP) is 4.93. The highest BCUT2D eigenvalue weighted by molar-refractivity contribution is 6.06. The average molecular weight is 512 g/mol. The zero-order valence-corrected chi connectivity index (χ0v) is 20.7. The lowest BCUT2D eigenvalue weighted by atomic mass is 10.1. The van der Waals surface area contributed by atoms with Crippen LogP contribution in [0.15, 0.2) is 91.0 Å². The molecule has 0 heterocycles. The van der Waals surface area contributed by atoms with E-state index >= 15 is 0 Å². The van der Waals surface area contributed by atoms with Crippen molar-refractivity contribution in [2.75, 3.05) is 5.32 Å². The SMILES string of the molecule is Cc1ccc(C(=O)O[C@H](C(=O)O)[C@H](OC(=O)c2ccc(C)cc2)C(=O)Nc2cccc3ccccc23)cc1. The fraction of sp³-hybridized carbons (Fsp3) is 0.133. The van der Waals surface area contributed by atoms with Crippen molar-refractivity contribution in [1.82, 2.24) is 0 Å². The van der Waals surface area contributed by atoms with E-state index in [4.69, 9.17) is 9.47 Å². The highest BCUT2D eigenvalue weighted by Gasteiger charge is 2.41. The number of fused-ring (bicyclic) bond motifs is 1. The van der Waals surface area contributed by atoms with Crippen LogP contribution in [0.5, 0.6) is 0 Å². The standard InChI is InChI=1S/C30H25NO7/c1-18-10-14-21(15-11-18)29(35)37-25(26(28(33)34)38-30(36)22-16-12-19(2)13-17-22)27(32)31-24-9-5-7-20-6-3-4-8-23(20)24/h3-17,25-26H,1-2H3,(H,31,32)(H,33,34)/t25-,26-/m0/s1. The second-order valence-corrected chi connectivity index (χ2v) is 8.74. The molecule has 4 aromatic carbocycles. The third kappa shape index (κ3) is 6.04. The molecule has 8 nitrogen and oxygen atoms in total. The first-order valence-electron chi connectivity index (χ1n) is 11.8. The number of aliphatic carboxylic acids is 1. The Kier molecular flexibility index (Phi) is 7.82. The van der Waals surface area contributed by atoms with E-state index in [1.807, 2.05) is 32.0 Å². The molecule has 0 saturated carbocycles. The molecule has 0 aliphatic carbocycles. The number of carboxylic acids is 1. The van der Waals surface area contributed by atoms with Gasteiger partial charge in [0.15, 0.2) is 0 Å². The van der Waals surface area contributed by atoms with Crippen LogP contribution in [0.2, 0.25) is 0 Å². The van der Waals surface area contributed by atoms with Gasteiger partial charge in [-0.05, 0) is 49.6 Å². The normalized spacial score (nSPS) is 12.3. The van der Waals surface area contributed by atoms with Gasteiger partial charge in [0.05, 0.1) is 11.1 Å². The first-order chi connectivity index (χ1) is 18.2. The van der Waals surface area contributed by atoms with Gasteiger partial charge in [-0.15, -0.1) is 0 Å². The number of aryl methyl sites for hydroxylation is 2. The number of anilines is 1. The monoisotopic (exact) mass is 511 g/mol. The van der Waals surface area contributed by atoms with Crippen LogP contribution < -0.4 is 5.32 Å². The highest BCUT2D eigenvalue weighted by Crippen LogP contribution is 2.24. The lowest BCUT2D eigenvalue weighted by Crippen LogP contribution is -2.48. The van der Waals surface area contributed by atoms with Gasteiger partial charge in [0.25, 0.3) is 5.91 Å². The van der Waals surface area contributed by atoms with E-state index in [1.165, 1.54) is 24.3 Å². The summed E-state index contributed by atoms with van der Waals surface area (Å²) in [4.78, 5) is 51.4. The Morgan fingerprint density at radius 3 is 1.71 bits per heavy atom. The third-order valence-electron chi connectivity index (χ3n) is 5.87. The zero-order chi connectivity index (χ0) is 27.2. The molecule has 192 valence electrons. The van der Waals surface area contributed by atoms with Crippen LogP contribution >= 0.6 is 0 Å². The molecule has 8 heteroatoms. The molecule has 38 heavy (non-hydrogen) atoms. The minimum absolute atomic E-state index is 0.0833. The van der Waals surface area contributed by atoms with Crippen molar-refractivity contribution >= 4 is 40.3 Å². The molecule has 0 saturated heterocycles. The minimum atomic E-state index is -2.12. The molecule has 0 fully saturated rings. The van der Waals surface area contributed by atoms with Crippen molar-refractivity contribution in [1.29, 1.82) is 0 Å². The number of benzene rings is 4. The van der Waals surface area contributed by atoms with Crippen LogP contribution in [-0.4, -0.2) is 41.1 Å². The molecule has 0 radical (unpaired) electrons. The van der Waals surface area contributed by atoms with Crippen LogP contribution in [-0.2, 0) is 19.1 Å². The maximum atomic E-state index is 13.4. The Labute approximate surface area is 218 Å². The van der Waals surface area contributed by atoms with Crippen molar-refractivity contribution in [3.05, 3.63) is 113 Å². The number of esters is 2. The molecule has 0 aliphatic heterocycles. The van der Waals surface area contributed by atoms with Gasteiger partial charge in [0.1, 0.15) is 0 Å². The quantitative estimate of drug-likeness (QED) is 0.322. The first kappa shape index (κ1) is 26.1. The molecule has 0 bridgehead atoms. The van der Waals surface area contributed by atoms with Crippen LogP contribution in [0.1, 0.15) is 31.8 Å². The Morgan fingerprint density at radius 1 is 0.658 bits per heavy atom. The van der Waals surface area contributed by atoms with E-state index in [9.17, 15) is 24.3 Å². The van der Waals surface area contributed by atoms with Crippen LogP contribution in [0, 0.1) is 13.8 Å². The fourth-order valence-corrected chi connectivity index (χ4v) is 3.78. The van der Waals surface area contributed by atoms with Gasteiger partial charge in [0, 0.05) is 11.1 Å². The van der Waals surface area contributed by atoms with Gasteiger partial charge >= 0.3 is 17.9 Å². The summed E-state index contributed by atoms with van der Waals surface area (Å²) in [6.45, 7) is 3.66. The summed E-state index contributed by atoms with van der Waals surface area (Å²) in [5.74, 6) is -4.54. The topological polar surface area (TPSA) is 119 Å². The summed E-state index contributed by atoms with van der Waals surface area (Å²) in [5, 5.41) is 14.1. The summed E-state index contributed by atoms with van der Waals surface area (Å²) in [7, 11) is 0. The van der Waals surface area contributed by atoms with Gasteiger partial charge in [-0.25, -0.2) is 14.4 Å². The molecule has 0 spiro atoms. The number of carboxylic acid groups (broad SMARTS) is 1. The van der Waals surface area contributed by atoms with E-state index in [0.29, 0.717) is 11.1 Å². The Balaban J connectivity index is 1.66. The van der Waals surface area contributed by atoms with Crippen LogP contribution in [0.25, 0.3) is 10.8 Å². The van der Waals surface area contributed by atoms with Crippen LogP contribution in [0.3, 0.4) is 0 Å². The minimum Gasteiger partial charge on any atom is -0.478 e. The van der Waals surface area contributed by atoms with Gasteiger partial charge in [-0.1, -0.05) is 71.8 Å². The smallest absolute Gasteiger partial charge is 0.349 e. The van der Waals surface area contributed by atoms with Crippen molar-refractivity contribution in [3.63, 3.8) is 0 Å². The largest absolute Gasteiger partial charge is 0.478 e. The average Bonchev–Trinajstić information content (AvgIpc) is 2.91. The molecular weight excluding hydrogens is 486 g/mol. The van der Waals surface area contributed by atoms with E-state index < -0.39 is 36.0 Å². The van der Waals surface area contributed by atoms with Crippen molar-refractivity contribution in [3.8, 4) is 0 Å². The molecule has 1 amide bonds. The van der Waals surface area contributed by atoms with E-state index in [-0.39, 0.29) is 11.1 Å². The summed E-state index contributed by atoms with van der Waals surface area (Å²) in [5.41, 5.74) is 2.34. The third-order valence-corrected chi connectivity index (χ3v) is 5.87. The highest BCUT2D eigenvalue weighted by atomic mass is 16.6. The van der Waals surface area contributed by atoms with Crippen molar-refractivity contribution in [2.24, 2.45) is 0 Å². The predicted molar refractivity (Wildman–Crippen MR) is 141 cm³/mol. The van der Waals surface area contributed by atoms with Crippen molar-refractivity contribution < 1.29 is 33.8 Å². The van der Waals surface area contributed by atoms with Crippen molar-refractivity contribution in [2.45, 2.75) is 26.1 Å². The zero-order valence-electron chi connectivity index (χ0n) is 20.7. The number of hydrogen-bond donors (Lipinski definition) is 2. The number of carbonyl (C=O) groups excluding carboxylic acids is 3. The number of nitrogens with one attached hydrogen (secondary N) is 1. The number of ether oxygens (including phenoxy) is 2. The number of carbonyl (C=O) groups is 4. The molecular formula is C30H25NO7. The Hall–Kier alpha value is -4.98. The number of hydrogen-bond acceptors (Lipinski definition) is 6. The molecule has 4 aromatic rings. The van der Waals surface area contributed by atoms with Gasteiger partial charge in [0.2, 0.25) is 12.2 Å². The molecule has 2 N–H and O–H groups in total. The van der Waals surface area contributed by atoms with E-state index in [2.05, 4.69) is 5.32 Å². The first-order valence-corrected chi connectivity index (χ1v) is 11.8. The Morgan fingerprint density at radius 2 is 1.16 bits per heavy atom. The number of amides is 1. The lowest BCUT2D eigenvalue weighted by molar-refractivity contribution is -0.157. The fourth-order valence-electron chi connectivity index (χ4n) is 3.78. The summed E-state index contributed by atoms with van der Waals surface area (Å²) >= 11 is 0. The van der Waals surface area contributed by atoms with Gasteiger partial charge < -0.3 is 19.9 Å².